The first-order valence-corrected chi connectivity index (χ1v) is 9.36. The summed E-state index contributed by atoms with van der Waals surface area (Å²) in [6.45, 7) is 5.72. The minimum absolute atomic E-state index is 0.112. The molecule has 0 fully saturated rings. The molecular weight excluding hydrogens is 354 g/mol. The number of rotatable bonds is 8. The van der Waals surface area contributed by atoms with E-state index in [9.17, 15) is 9.90 Å². The Morgan fingerprint density at radius 1 is 1.07 bits per heavy atom. The summed E-state index contributed by atoms with van der Waals surface area (Å²) >= 11 is 0. The number of carbonyl (C=O) groups is 1. The van der Waals surface area contributed by atoms with Gasteiger partial charge in [0.2, 0.25) is 0 Å². The van der Waals surface area contributed by atoms with Crippen molar-refractivity contribution in [2.75, 3.05) is 6.61 Å². The van der Waals surface area contributed by atoms with Crippen molar-refractivity contribution in [1.82, 2.24) is 5.32 Å². The van der Waals surface area contributed by atoms with Crippen LogP contribution in [0.1, 0.15) is 37.9 Å². The predicted molar refractivity (Wildman–Crippen MR) is 110 cm³/mol. The van der Waals surface area contributed by atoms with E-state index in [-0.39, 0.29) is 6.61 Å². The number of benzene rings is 2. The van der Waals surface area contributed by atoms with Crippen LogP contribution in [0.15, 0.2) is 72.8 Å². The number of carbonyl (C=O) groups excluding carboxylic acids is 1. The second-order valence-electron chi connectivity index (χ2n) is 7.41. The van der Waals surface area contributed by atoms with Gasteiger partial charge in [-0.3, -0.25) is 0 Å². The van der Waals surface area contributed by atoms with Crippen LogP contribution in [0.4, 0.5) is 4.79 Å². The highest BCUT2D eigenvalue weighted by atomic mass is 16.6. The maximum Gasteiger partial charge on any atom is 0.408 e. The maximum atomic E-state index is 12.4. The number of aliphatic hydroxyl groups is 1. The largest absolute Gasteiger partial charge is 0.444 e. The molecule has 0 saturated heterocycles. The number of hydrogen-bond acceptors (Lipinski definition) is 4. The van der Waals surface area contributed by atoms with Crippen LogP contribution >= 0.6 is 0 Å². The number of hydrogen-bond donors (Lipinski definition) is 2. The van der Waals surface area contributed by atoms with Gasteiger partial charge in [-0.1, -0.05) is 72.8 Å². The van der Waals surface area contributed by atoms with Gasteiger partial charge < -0.3 is 19.9 Å². The molecule has 0 saturated carbocycles. The molecule has 5 nitrogen and oxygen atoms in total. The molecular formula is C23H29NO4. The van der Waals surface area contributed by atoms with Crippen molar-refractivity contribution < 1.29 is 19.4 Å². The summed E-state index contributed by atoms with van der Waals surface area (Å²) < 4.78 is 11.5. The zero-order valence-electron chi connectivity index (χ0n) is 16.7. The highest BCUT2D eigenvalue weighted by molar-refractivity contribution is 5.68. The summed E-state index contributed by atoms with van der Waals surface area (Å²) in [5, 5.41) is 12.1. The molecule has 0 spiro atoms. The van der Waals surface area contributed by atoms with Crippen molar-refractivity contribution in [3.8, 4) is 0 Å². The van der Waals surface area contributed by atoms with E-state index in [1.165, 1.54) is 0 Å². The van der Waals surface area contributed by atoms with Crippen molar-refractivity contribution >= 4 is 6.09 Å². The average Bonchev–Trinajstić information content (AvgIpc) is 2.67. The van der Waals surface area contributed by atoms with E-state index in [0.717, 1.165) is 11.1 Å². The SMILES string of the molecule is CC(C)(C)OC(=O)N[C@@H](c1ccccc1)[C@H](/C=C/CO)OCc1ccccc1. The van der Waals surface area contributed by atoms with Gasteiger partial charge in [0.25, 0.3) is 0 Å². The van der Waals surface area contributed by atoms with Gasteiger partial charge in [-0.2, -0.15) is 0 Å². The molecule has 0 aliphatic carbocycles. The Balaban J connectivity index is 2.23. The summed E-state index contributed by atoms with van der Waals surface area (Å²) in [5.41, 5.74) is 1.30. The van der Waals surface area contributed by atoms with Crippen molar-refractivity contribution in [3.05, 3.63) is 83.9 Å². The Bertz CT molecular complexity index is 738. The first kappa shape index (κ1) is 21.7. The zero-order valence-corrected chi connectivity index (χ0v) is 16.7. The smallest absolute Gasteiger partial charge is 0.408 e. The Morgan fingerprint density at radius 3 is 2.25 bits per heavy atom. The molecule has 5 heteroatoms. The molecule has 2 atom stereocenters. The van der Waals surface area contributed by atoms with Crippen LogP contribution in [0.3, 0.4) is 0 Å². The standard InChI is InChI=1S/C23H29NO4/c1-23(2,3)28-22(26)24-21(19-13-8-5-9-14-19)20(15-10-16-25)27-17-18-11-6-4-7-12-18/h4-15,20-21,25H,16-17H2,1-3H3,(H,24,26)/b15-10+/t20-,21-/m0/s1. The molecule has 0 aliphatic heterocycles. The van der Waals surface area contributed by atoms with Gasteiger partial charge in [0.15, 0.2) is 0 Å². The highest BCUT2D eigenvalue weighted by Crippen LogP contribution is 2.23. The predicted octanol–water partition coefficient (Wildman–Crippen LogP) is 4.39. The molecule has 2 rings (SSSR count). The van der Waals surface area contributed by atoms with Crippen molar-refractivity contribution in [1.29, 1.82) is 0 Å². The molecule has 2 N–H and O–H groups in total. The van der Waals surface area contributed by atoms with Crippen molar-refractivity contribution in [3.63, 3.8) is 0 Å². The quantitative estimate of drug-likeness (QED) is 0.664. The van der Waals surface area contributed by atoms with Gasteiger partial charge in [-0.05, 0) is 31.9 Å². The second kappa shape index (κ2) is 10.6. The van der Waals surface area contributed by atoms with Gasteiger partial charge in [0, 0.05) is 0 Å². The summed E-state index contributed by atoms with van der Waals surface area (Å²) in [4.78, 5) is 12.4. The molecule has 0 bridgehead atoms. The molecule has 1 amide bonds. The molecule has 150 valence electrons. The minimum Gasteiger partial charge on any atom is -0.444 e. The first-order chi connectivity index (χ1) is 13.4. The van der Waals surface area contributed by atoms with E-state index in [2.05, 4.69) is 5.32 Å². The summed E-state index contributed by atoms with van der Waals surface area (Å²) in [7, 11) is 0. The fourth-order valence-corrected chi connectivity index (χ4v) is 2.67. The van der Waals surface area contributed by atoms with E-state index in [1.54, 1.807) is 12.2 Å². The summed E-state index contributed by atoms with van der Waals surface area (Å²) in [6, 6.07) is 18.9. The Hall–Kier alpha value is -2.63. The molecule has 2 aromatic rings. The molecule has 0 heterocycles. The fourth-order valence-electron chi connectivity index (χ4n) is 2.67. The van der Waals surface area contributed by atoms with E-state index in [4.69, 9.17) is 9.47 Å². The number of alkyl carbamates (subject to hydrolysis) is 1. The molecule has 0 aliphatic rings. The Kier molecular flexibility index (Phi) is 8.23. The minimum atomic E-state index is -0.605. The van der Waals surface area contributed by atoms with Crippen LogP contribution in [0.25, 0.3) is 0 Å². The molecule has 2 aromatic carbocycles. The van der Waals surface area contributed by atoms with Crippen LogP contribution < -0.4 is 5.32 Å². The van der Waals surface area contributed by atoms with E-state index < -0.39 is 23.8 Å². The van der Waals surface area contributed by atoms with Crippen LogP contribution in [-0.4, -0.2) is 29.5 Å². The maximum absolute atomic E-state index is 12.4. The fraction of sp³-hybridized carbons (Fsp3) is 0.348. The zero-order chi connectivity index (χ0) is 20.4. The lowest BCUT2D eigenvalue weighted by Gasteiger charge is -2.28. The molecule has 0 unspecified atom stereocenters. The van der Waals surface area contributed by atoms with Crippen LogP contribution in [0, 0.1) is 0 Å². The topological polar surface area (TPSA) is 67.8 Å². The Labute approximate surface area is 167 Å². The van der Waals surface area contributed by atoms with Crippen LogP contribution in [-0.2, 0) is 16.1 Å². The number of amides is 1. The highest BCUT2D eigenvalue weighted by Gasteiger charge is 2.26. The molecule has 0 aromatic heterocycles. The summed E-state index contributed by atoms with van der Waals surface area (Å²) in [6.07, 6.45) is 2.37. The third kappa shape index (κ3) is 7.55. The van der Waals surface area contributed by atoms with Gasteiger partial charge >= 0.3 is 6.09 Å². The number of aliphatic hydroxyl groups excluding tert-OH is 1. The monoisotopic (exact) mass is 383 g/mol. The number of nitrogens with one attached hydrogen (secondary N) is 1. The van der Waals surface area contributed by atoms with E-state index >= 15 is 0 Å². The van der Waals surface area contributed by atoms with Gasteiger partial charge in [-0.15, -0.1) is 0 Å². The lowest BCUT2D eigenvalue weighted by molar-refractivity contribution is 0.0258. The lowest BCUT2D eigenvalue weighted by Crippen LogP contribution is -2.40. The van der Waals surface area contributed by atoms with E-state index in [1.807, 2.05) is 81.4 Å². The molecule has 28 heavy (non-hydrogen) atoms. The van der Waals surface area contributed by atoms with Crippen LogP contribution in [0.5, 0.6) is 0 Å². The number of ether oxygens (including phenoxy) is 2. The average molecular weight is 383 g/mol. The van der Waals surface area contributed by atoms with Gasteiger partial charge in [0.05, 0.1) is 19.3 Å². The van der Waals surface area contributed by atoms with Crippen molar-refractivity contribution in [2.24, 2.45) is 0 Å². The first-order valence-electron chi connectivity index (χ1n) is 9.36. The van der Waals surface area contributed by atoms with Gasteiger partial charge in [0.1, 0.15) is 11.7 Å². The third-order valence-electron chi connectivity index (χ3n) is 3.88. The lowest BCUT2D eigenvalue weighted by atomic mass is 10.0. The summed E-state index contributed by atoms with van der Waals surface area (Å²) in [5.74, 6) is 0. The Morgan fingerprint density at radius 2 is 1.68 bits per heavy atom. The van der Waals surface area contributed by atoms with Crippen LogP contribution in [0.2, 0.25) is 0 Å². The normalized spacial score (nSPS) is 13.9. The van der Waals surface area contributed by atoms with Crippen molar-refractivity contribution in [2.45, 2.75) is 45.1 Å². The van der Waals surface area contributed by atoms with Gasteiger partial charge in [-0.25, -0.2) is 4.79 Å². The van der Waals surface area contributed by atoms with E-state index in [0.29, 0.717) is 6.61 Å². The third-order valence-corrected chi connectivity index (χ3v) is 3.88. The molecule has 0 radical (unpaired) electrons. The second-order valence-corrected chi connectivity index (χ2v) is 7.41.